The molecule has 1 saturated heterocycles. The number of nitrogens with one attached hydrogen (secondary N) is 1. The number of carbonyl (C=O) groups is 2. The Morgan fingerprint density at radius 1 is 1.21 bits per heavy atom. The molecule has 11 nitrogen and oxygen atoms in total. The van der Waals surface area contributed by atoms with Gasteiger partial charge in [-0.2, -0.15) is 4.80 Å². The first-order chi connectivity index (χ1) is 18.5. The number of hydrogen-bond donors (Lipinski definition) is 1. The van der Waals surface area contributed by atoms with Crippen LogP contribution in [0.2, 0.25) is 0 Å². The van der Waals surface area contributed by atoms with E-state index in [1.54, 1.807) is 31.2 Å². The molecule has 4 heterocycles. The van der Waals surface area contributed by atoms with Crippen LogP contribution in [0.4, 0.5) is 4.39 Å². The van der Waals surface area contributed by atoms with Gasteiger partial charge >= 0.3 is 0 Å². The van der Waals surface area contributed by atoms with Gasteiger partial charge in [0.05, 0.1) is 18.9 Å². The fourth-order valence-corrected chi connectivity index (χ4v) is 4.30. The van der Waals surface area contributed by atoms with Crippen LogP contribution in [0.5, 0.6) is 0 Å². The number of amides is 2. The van der Waals surface area contributed by atoms with Gasteiger partial charge in [0.2, 0.25) is 17.6 Å². The first-order valence-electron chi connectivity index (χ1n) is 12.3. The first kappa shape index (κ1) is 25.3. The van der Waals surface area contributed by atoms with Crippen LogP contribution < -0.4 is 5.32 Å². The molecule has 1 aliphatic rings. The van der Waals surface area contributed by atoms with Crippen LogP contribution in [0.25, 0.3) is 11.6 Å². The van der Waals surface area contributed by atoms with E-state index in [-0.39, 0.29) is 25.0 Å². The van der Waals surface area contributed by atoms with Crippen molar-refractivity contribution in [3.8, 4) is 11.6 Å². The number of furan rings is 2. The molecule has 1 aromatic carbocycles. The summed E-state index contributed by atoms with van der Waals surface area (Å²) in [6, 6.07) is 11.3. The Labute approximate surface area is 217 Å². The third-order valence-electron chi connectivity index (χ3n) is 6.19. The molecule has 1 aliphatic heterocycles. The molecule has 0 unspecified atom stereocenters. The number of hydrogen-bond acceptors (Lipinski definition) is 8. The summed E-state index contributed by atoms with van der Waals surface area (Å²) in [4.78, 5) is 29.7. The molecule has 5 rings (SSSR count). The zero-order valence-electron chi connectivity index (χ0n) is 20.7. The van der Waals surface area contributed by atoms with Crippen molar-refractivity contribution in [1.82, 2.24) is 30.4 Å². The van der Waals surface area contributed by atoms with Gasteiger partial charge in [0.15, 0.2) is 5.76 Å². The number of rotatable bonds is 10. The quantitative estimate of drug-likeness (QED) is 0.337. The van der Waals surface area contributed by atoms with Gasteiger partial charge in [-0.3, -0.25) is 9.59 Å². The topological polar surface area (TPSA) is 129 Å². The summed E-state index contributed by atoms with van der Waals surface area (Å²) in [5, 5.41) is 15.1. The van der Waals surface area contributed by atoms with Gasteiger partial charge < -0.3 is 23.8 Å². The molecular formula is C26H27FN6O5. The molecule has 0 radical (unpaired) electrons. The highest BCUT2D eigenvalue weighted by Gasteiger charge is 2.33. The summed E-state index contributed by atoms with van der Waals surface area (Å²) < 4.78 is 30.4. The Balaban J connectivity index is 1.42. The van der Waals surface area contributed by atoms with Crippen LogP contribution in [0.1, 0.15) is 36.0 Å². The minimum absolute atomic E-state index is 0.0137. The van der Waals surface area contributed by atoms with Crippen LogP contribution in [0.15, 0.2) is 63.6 Å². The Bertz CT molecular complexity index is 1360. The van der Waals surface area contributed by atoms with Crippen LogP contribution in [-0.4, -0.2) is 56.2 Å². The van der Waals surface area contributed by atoms with Crippen molar-refractivity contribution >= 4 is 11.8 Å². The lowest BCUT2D eigenvalue weighted by Crippen LogP contribution is -2.46. The summed E-state index contributed by atoms with van der Waals surface area (Å²) >= 11 is 0. The zero-order valence-corrected chi connectivity index (χ0v) is 20.7. The van der Waals surface area contributed by atoms with Gasteiger partial charge in [0, 0.05) is 13.2 Å². The molecule has 12 heteroatoms. The van der Waals surface area contributed by atoms with E-state index in [9.17, 15) is 14.0 Å². The molecule has 2 amide bonds. The van der Waals surface area contributed by atoms with Crippen molar-refractivity contribution in [2.45, 2.75) is 45.0 Å². The number of nitrogens with zero attached hydrogens (tertiary/aromatic N) is 5. The highest BCUT2D eigenvalue weighted by Crippen LogP contribution is 2.25. The molecule has 198 valence electrons. The number of aryl methyl sites for hydroxylation is 1. The number of ether oxygens (including phenoxy) is 1. The average molecular weight is 523 g/mol. The van der Waals surface area contributed by atoms with Crippen LogP contribution >= 0.6 is 0 Å². The highest BCUT2D eigenvalue weighted by molar-refractivity contribution is 5.88. The van der Waals surface area contributed by atoms with Gasteiger partial charge in [-0.05, 0) is 66.9 Å². The second-order valence-electron chi connectivity index (χ2n) is 8.99. The van der Waals surface area contributed by atoms with E-state index in [2.05, 4.69) is 20.7 Å². The Morgan fingerprint density at radius 2 is 2.05 bits per heavy atom. The summed E-state index contributed by atoms with van der Waals surface area (Å²) in [6.07, 6.45) is 3.16. The minimum atomic E-state index is -1.08. The fraction of sp³-hybridized carbons (Fsp3) is 0.346. The smallest absolute Gasteiger partial charge is 0.247 e. The van der Waals surface area contributed by atoms with Gasteiger partial charge in [0.25, 0.3) is 0 Å². The lowest BCUT2D eigenvalue weighted by Gasteiger charge is -2.31. The van der Waals surface area contributed by atoms with Crippen molar-refractivity contribution < 1.29 is 27.6 Å². The monoisotopic (exact) mass is 522 g/mol. The fourth-order valence-electron chi connectivity index (χ4n) is 4.30. The molecule has 0 bridgehead atoms. The van der Waals surface area contributed by atoms with Crippen molar-refractivity contribution in [3.05, 3.63) is 77.7 Å². The molecule has 38 heavy (non-hydrogen) atoms. The van der Waals surface area contributed by atoms with Gasteiger partial charge in [-0.25, -0.2) is 4.39 Å². The largest absolute Gasteiger partial charge is 0.467 e. The molecule has 1 N–H and O–H groups in total. The predicted molar refractivity (Wildman–Crippen MR) is 131 cm³/mol. The number of carbonyl (C=O) groups excluding carboxylic acids is 2. The third kappa shape index (κ3) is 5.97. The van der Waals surface area contributed by atoms with Crippen molar-refractivity contribution in [2.24, 2.45) is 0 Å². The van der Waals surface area contributed by atoms with Crippen molar-refractivity contribution in [3.63, 3.8) is 0 Å². The third-order valence-corrected chi connectivity index (χ3v) is 6.19. The minimum Gasteiger partial charge on any atom is -0.467 e. The maximum absolute atomic E-state index is 13.8. The zero-order chi connectivity index (χ0) is 26.5. The average Bonchev–Trinajstić information content (AvgIpc) is 3.72. The van der Waals surface area contributed by atoms with E-state index in [4.69, 9.17) is 13.6 Å². The Morgan fingerprint density at radius 3 is 2.74 bits per heavy atom. The maximum atomic E-state index is 13.8. The van der Waals surface area contributed by atoms with E-state index in [1.165, 1.54) is 35.4 Å². The summed E-state index contributed by atoms with van der Waals surface area (Å²) in [6.45, 7) is 2.43. The molecule has 2 atom stereocenters. The van der Waals surface area contributed by atoms with E-state index < -0.39 is 23.7 Å². The molecule has 1 fully saturated rings. The van der Waals surface area contributed by atoms with Gasteiger partial charge in [0.1, 0.15) is 29.9 Å². The first-order valence-corrected chi connectivity index (χ1v) is 12.3. The van der Waals surface area contributed by atoms with Crippen molar-refractivity contribution in [2.75, 3.05) is 13.2 Å². The lowest BCUT2D eigenvalue weighted by atomic mass is 10.0. The molecular weight excluding hydrogens is 495 g/mol. The maximum Gasteiger partial charge on any atom is 0.247 e. The van der Waals surface area contributed by atoms with E-state index >= 15 is 0 Å². The summed E-state index contributed by atoms with van der Waals surface area (Å²) in [7, 11) is 0. The van der Waals surface area contributed by atoms with Crippen LogP contribution in [0, 0.1) is 12.7 Å². The van der Waals surface area contributed by atoms with E-state index in [0.717, 1.165) is 17.6 Å². The molecule has 0 spiro atoms. The molecule has 3 aromatic heterocycles. The number of tetrazole rings is 1. The normalized spacial score (nSPS) is 15.9. The van der Waals surface area contributed by atoms with Crippen LogP contribution in [-0.2, 0) is 27.4 Å². The Kier molecular flexibility index (Phi) is 7.59. The van der Waals surface area contributed by atoms with Gasteiger partial charge in [-0.1, -0.05) is 12.1 Å². The standard InChI is InChI=1S/C26H27FN6O5/c1-17-6-11-22(38-17)25-29-31-33(30-25)16-23(34)32(15-21-5-3-13-37-21)24(18-7-9-19(27)10-8-18)26(35)28-14-20-4-2-12-36-20/h3,5-11,13,20,24H,2,4,12,14-16H2,1H3,(H,28,35)/t20-,24+/m0/s1. The second kappa shape index (κ2) is 11.4. The van der Waals surface area contributed by atoms with E-state index in [0.29, 0.717) is 36.0 Å². The molecule has 0 saturated carbocycles. The Hall–Kier alpha value is -4.32. The van der Waals surface area contributed by atoms with E-state index in [1.807, 2.05) is 0 Å². The number of halogens is 1. The predicted octanol–water partition coefficient (Wildman–Crippen LogP) is 3.04. The molecule has 0 aliphatic carbocycles. The summed E-state index contributed by atoms with van der Waals surface area (Å²) in [5.41, 5.74) is 0.439. The molecule has 4 aromatic rings. The van der Waals surface area contributed by atoms with Gasteiger partial charge in [-0.15, -0.1) is 10.2 Å². The SMILES string of the molecule is Cc1ccc(-c2nnn(CC(=O)N(Cc3ccco3)[C@@H](C(=O)NC[C@@H]3CCCO3)c3ccc(F)cc3)n2)o1. The summed E-state index contributed by atoms with van der Waals surface area (Å²) in [5.74, 6) is 0.458. The highest BCUT2D eigenvalue weighted by atomic mass is 19.1. The number of benzene rings is 1. The van der Waals surface area contributed by atoms with Crippen LogP contribution in [0.3, 0.4) is 0 Å². The lowest BCUT2D eigenvalue weighted by molar-refractivity contribution is -0.142. The second-order valence-corrected chi connectivity index (χ2v) is 8.99. The number of aromatic nitrogens is 4. The van der Waals surface area contributed by atoms with Crippen molar-refractivity contribution in [1.29, 1.82) is 0 Å².